The summed E-state index contributed by atoms with van der Waals surface area (Å²) in [6.07, 6.45) is 6.75. The summed E-state index contributed by atoms with van der Waals surface area (Å²) in [5, 5.41) is 3.63. The van der Waals surface area contributed by atoms with Crippen molar-refractivity contribution in [3.05, 3.63) is 0 Å². The Bertz CT molecular complexity index is 261. The minimum absolute atomic E-state index is 0.472. The molecule has 1 aliphatic carbocycles. The van der Waals surface area contributed by atoms with Gasteiger partial charge in [-0.25, -0.2) is 0 Å². The maximum absolute atomic E-state index is 5.31. The summed E-state index contributed by atoms with van der Waals surface area (Å²) >= 11 is 0. The molecule has 0 radical (unpaired) electrons. The molecular weight excluding hydrogens is 246 g/mol. The van der Waals surface area contributed by atoms with Gasteiger partial charge >= 0.3 is 0 Å². The zero-order valence-electron chi connectivity index (χ0n) is 14.7. The number of hydrogen-bond acceptors (Lipinski definition) is 2. The van der Waals surface area contributed by atoms with Crippen molar-refractivity contribution < 1.29 is 4.74 Å². The lowest BCUT2D eigenvalue weighted by molar-refractivity contribution is 0.0315. The first-order valence-electron chi connectivity index (χ1n) is 8.55. The first kappa shape index (κ1) is 18.0. The molecule has 2 nitrogen and oxygen atoms in total. The minimum Gasteiger partial charge on any atom is -0.385 e. The van der Waals surface area contributed by atoms with Gasteiger partial charge in [0.05, 0.1) is 0 Å². The lowest BCUT2D eigenvalue weighted by Crippen LogP contribution is -2.44. The monoisotopic (exact) mass is 283 g/mol. The van der Waals surface area contributed by atoms with Crippen LogP contribution in [0.25, 0.3) is 0 Å². The summed E-state index contributed by atoms with van der Waals surface area (Å²) in [6.45, 7) is 15.0. The van der Waals surface area contributed by atoms with Crippen molar-refractivity contribution in [2.45, 2.75) is 66.7 Å². The normalized spacial score (nSPS) is 29.4. The van der Waals surface area contributed by atoms with Crippen LogP contribution in [-0.4, -0.2) is 26.8 Å². The van der Waals surface area contributed by atoms with Gasteiger partial charge in [-0.1, -0.05) is 34.6 Å². The van der Waals surface area contributed by atoms with Crippen LogP contribution in [0, 0.1) is 22.7 Å². The number of rotatable bonds is 7. The third-order valence-corrected chi connectivity index (χ3v) is 5.73. The van der Waals surface area contributed by atoms with Crippen molar-refractivity contribution in [2.24, 2.45) is 22.7 Å². The average molecular weight is 284 g/mol. The maximum atomic E-state index is 5.31. The van der Waals surface area contributed by atoms with Gasteiger partial charge in [-0.2, -0.15) is 0 Å². The number of methoxy groups -OCH3 is 1. The largest absolute Gasteiger partial charge is 0.385 e. The molecule has 0 amide bonds. The molecule has 0 aliphatic heterocycles. The van der Waals surface area contributed by atoms with Crippen molar-refractivity contribution in [3.8, 4) is 0 Å². The second kappa shape index (κ2) is 7.79. The van der Waals surface area contributed by atoms with E-state index in [4.69, 9.17) is 4.74 Å². The summed E-state index contributed by atoms with van der Waals surface area (Å²) in [7, 11) is 1.82. The van der Waals surface area contributed by atoms with Crippen molar-refractivity contribution >= 4 is 0 Å². The van der Waals surface area contributed by atoms with Crippen LogP contribution in [0.5, 0.6) is 0 Å². The van der Waals surface area contributed by atoms with E-state index in [0.29, 0.717) is 10.8 Å². The molecule has 0 saturated heterocycles. The molecule has 0 bridgehead atoms. The van der Waals surface area contributed by atoms with E-state index in [1.165, 1.54) is 38.6 Å². The first-order valence-corrected chi connectivity index (χ1v) is 8.55. The van der Waals surface area contributed by atoms with Gasteiger partial charge in [-0.05, 0) is 61.3 Å². The van der Waals surface area contributed by atoms with Crippen LogP contribution in [0.4, 0.5) is 0 Å². The topological polar surface area (TPSA) is 21.3 Å². The van der Waals surface area contributed by atoms with Crippen LogP contribution in [0.15, 0.2) is 0 Å². The highest BCUT2D eigenvalue weighted by Crippen LogP contribution is 2.49. The number of hydrogen-bond donors (Lipinski definition) is 1. The van der Waals surface area contributed by atoms with Gasteiger partial charge in [0.2, 0.25) is 0 Å². The van der Waals surface area contributed by atoms with Crippen LogP contribution < -0.4 is 5.32 Å². The lowest BCUT2D eigenvalue weighted by atomic mass is 9.59. The van der Waals surface area contributed by atoms with Crippen LogP contribution in [0.2, 0.25) is 0 Å². The molecule has 1 fully saturated rings. The van der Waals surface area contributed by atoms with Crippen LogP contribution >= 0.6 is 0 Å². The molecule has 1 atom stereocenters. The van der Waals surface area contributed by atoms with Gasteiger partial charge in [0.25, 0.3) is 0 Å². The van der Waals surface area contributed by atoms with Gasteiger partial charge in [-0.3, -0.25) is 0 Å². The van der Waals surface area contributed by atoms with Gasteiger partial charge in [0.15, 0.2) is 0 Å². The number of ether oxygens (including phenoxy) is 1. The molecule has 0 aromatic rings. The molecule has 1 saturated carbocycles. The van der Waals surface area contributed by atoms with E-state index in [2.05, 4.69) is 39.9 Å². The SMILES string of the molecule is CCNCC1(C(C)CCOC)CCC(C(C)(C)C)CC1. The third kappa shape index (κ3) is 4.73. The Morgan fingerprint density at radius 3 is 2.30 bits per heavy atom. The summed E-state index contributed by atoms with van der Waals surface area (Å²) in [4.78, 5) is 0. The molecule has 2 heteroatoms. The Morgan fingerprint density at radius 1 is 1.25 bits per heavy atom. The molecule has 0 aromatic heterocycles. The van der Waals surface area contributed by atoms with E-state index >= 15 is 0 Å². The maximum Gasteiger partial charge on any atom is 0.0465 e. The Morgan fingerprint density at radius 2 is 1.85 bits per heavy atom. The molecule has 1 aliphatic rings. The minimum atomic E-state index is 0.472. The molecule has 0 spiro atoms. The average Bonchev–Trinajstić information content (AvgIpc) is 2.41. The molecule has 120 valence electrons. The lowest BCUT2D eigenvalue weighted by Gasteiger charge is -2.47. The van der Waals surface area contributed by atoms with Crippen molar-refractivity contribution in [1.29, 1.82) is 0 Å². The molecule has 0 heterocycles. The van der Waals surface area contributed by atoms with E-state index < -0.39 is 0 Å². The predicted molar refractivity (Wildman–Crippen MR) is 88.0 cm³/mol. The Kier molecular flexibility index (Phi) is 7.00. The molecular formula is C18H37NO. The summed E-state index contributed by atoms with van der Waals surface area (Å²) < 4.78 is 5.31. The highest BCUT2D eigenvalue weighted by Gasteiger charge is 2.41. The third-order valence-electron chi connectivity index (χ3n) is 5.73. The van der Waals surface area contributed by atoms with E-state index in [1.807, 2.05) is 7.11 Å². The van der Waals surface area contributed by atoms with Crippen LogP contribution in [-0.2, 0) is 4.74 Å². The second-order valence-electron chi connectivity index (χ2n) is 7.97. The fourth-order valence-corrected chi connectivity index (χ4v) is 3.88. The van der Waals surface area contributed by atoms with Crippen LogP contribution in [0.1, 0.15) is 66.7 Å². The van der Waals surface area contributed by atoms with Crippen molar-refractivity contribution in [2.75, 3.05) is 26.8 Å². The predicted octanol–water partition coefficient (Wildman–Crippen LogP) is 4.49. The van der Waals surface area contributed by atoms with Gasteiger partial charge in [0, 0.05) is 20.3 Å². The molecule has 1 rings (SSSR count). The van der Waals surface area contributed by atoms with Gasteiger partial charge in [-0.15, -0.1) is 0 Å². The molecule has 0 aromatic carbocycles. The van der Waals surface area contributed by atoms with Crippen LogP contribution in [0.3, 0.4) is 0 Å². The Balaban J connectivity index is 2.67. The Labute approximate surface area is 127 Å². The van der Waals surface area contributed by atoms with E-state index in [0.717, 1.165) is 25.0 Å². The smallest absolute Gasteiger partial charge is 0.0465 e. The molecule has 1 N–H and O–H groups in total. The molecule has 20 heavy (non-hydrogen) atoms. The second-order valence-corrected chi connectivity index (χ2v) is 7.97. The highest BCUT2D eigenvalue weighted by molar-refractivity contribution is 4.93. The Hall–Kier alpha value is -0.0800. The van der Waals surface area contributed by atoms with E-state index in [9.17, 15) is 0 Å². The summed E-state index contributed by atoms with van der Waals surface area (Å²) in [5.41, 5.74) is 0.969. The molecule has 1 unspecified atom stereocenters. The zero-order chi connectivity index (χ0) is 15.2. The fraction of sp³-hybridized carbons (Fsp3) is 1.00. The highest BCUT2D eigenvalue weighted by atomic mass is 16.5. The van der Waals surface area contributed by atoms with Crippen molar-refractivity contribution in [1.82, 2.24) is 5.32 Å². The van der Waals surface area contributed by atoms with Gasteiger partial charge in [0.1, 0.15) is 0 Å². The fourth-order valence-electron chi connectivity index (χ4n) is 3.88. The quantitative estimate of drug-likeness (QED) is 0.743. The summed E-state index contributed by atoms with van der Waals surface area (Å²) in [6, 6.07) is 0. The van der Waals surface area contributed by atoms with Crippen molar-refractivity contribution in [3.63, 3.8) is 0 Å². The van der Waals surface area contributed by atoms with E-state index in [-0.39, 0.29) is 0 Å². The zero-order valence-corrected chi connectivity index (χ0v) is 14.7. The summed E-state index contributed by atoms with van der Waals surface area (Å²) in [5.74, 6) is 1.65. The van der Waals surface area contributed by atoms with Gasteiger partial charge < -0.3 is 10.1 Å². The number of nitrogens with one attached hydrogen (secondary N) is 1. The standard InChI is InChI=1S/C18H37NO/c1-7-19-14-18(15(2)10-13-20-6)11-8-16(9-12-18)17(3,4)5/h15-16,19H,7-14H2,1-6H3. The first-order chi connectivity index (χ1) is 9.35. The van der Waals surface area contributed by atoms with E-state index in [1.54, 1.807) is 0 Å².